The van der Waals surface area contributed by atoms with Crippen molar-refractivity contribution in [3.63, 3.8) is 0 Å². The topological polar surface area (TPSA) is 49.4 Å². The van der Waals surface area contributed by atoms with Crippen molar-refractivity contribution in [3.05, 3.63) is 29.8 Å². The Labute approximate surface area is 115 Å². The van der Waals surface area contributed by atoms with E-state index in [0.29, 0.717) is 13.1 Å². The second-order valence-corrected chi connectivity index (χ2v) is 4.79. The molecule has 0 bridgehead atoms. The van der Waals surface area contributed by atoms with Crippen LogP contribution in [0.4, 0.5) is 14.5 Å². The molecule has 2 rings (SSSR count). The average molecular weight is 282 g/mol. The van der Waals surface area contributed by atoms with Crippen molar-refractivity contribution in [2.75, 3.05) is 18.4 Å². The van der Waals surface area contributed by atoms with E-state index < -0.39 is 23.4 Å². The van der Waals surface area contributed by atoms with Crippen molar-refractivity contribution < 1.29 is 18.4 Å². The lowest BCUT2D eigenvalue weighted by atomic mass is 10.2. The third-order valence-corrected chi connectivity index (χ3v) is 3.26. The van der Waals surface area contributed by atoms with E-state index in [1.807, 2.05) is 0 Å². The van der Waals surface area contributed by atoms with Gasteiger partial charge in [0.15, 0.2) is 11.6 Å². The molecular formula is C14H16F2N2O2. The van der Waals surface area contributed by atoms with Crippen molar-refractivity contribution in [2.45, 2.75) is 25.7 Å². The van der Waals surface area contributed by atoms with Crippen molar-refractivity contribution >= 4 is 17.5 Å². The molecule has 1 aliphatic heterocycles. The molecule has 1 fully saturated rings. The zero-order chi connectivity index (χ0) is 14.5. The fourth-order valence-electron chi connectivity index (χ4n) is 2.18. The van der Waals surface area contributed by atoms with Gasteiger partial charge in [-0.05, 0) is 25.0 Å². The number of nitrogens with one attached hydrogen (secondary N) is 1. The zero-order valence-corrected chi connectivity index (χ0v) is 11.0. The fraction of sp³-hybridized carbons (Fsp3) is 0.429. The van der Waals surface area contributed by atoms with Crippen LogP contribution in [0.5, 0.6) is 0 Å². The SMILES string of the molecule is O=C(Nc1ccc(F)c(F)c1)C(=O)N1CCCCCC1. The van der Waals surface area contributed by atoms with E-state index in [1.165, 1.54) is 11.0 Å². The maximum absolute atomic E-state index is 13.0. The third kappa shape index (κ3) is 3.53. The Bertz CT molecular complexity index is 512. The maximum Gasteiger partial charge on any atom is 0.313 e. The van der Waals surface area contributed by atoms with E-state index in [-0.39, 0.29) is 5.69 Å². The predicted octanol–water partition coefficient (Wildman–Crippen LogP) is 2.31. The highest BCUT2D eigenvalue weighted by Crippen LogP contribution is 2.14. The standard InChI is InChI=1S/C14H16F2N2O2/c15-11-6-5-10(9-12(11)16)17-13(19)14(20)18-7-3-1-2-4-8-18/h5-6,9H,1-4,7-8H2,(H,17,19). The van der Waals surface area contributed by atoms with Gasteiger partial charge in [0.1, 0.15) is 0 Å². The first-order valence-corrected chi connectivity index (χ1v) is 6.63. The quantitative estimate of drug-likeness (QED) is 0.804. The maximum atomic E-state index is 13.0. The molecule has 1 aromatic carbocycles. The van der Waals surface area contributed by atoms with Crippen LogP contribution in [0.2, 0.25) is 0 Å². The lowest BCUT2D eigenvalue weighted by molar-refractivity contribution is -0.143. The van der Waals surface area contributed by atoms with E-state index in [4.69, 9.17) is 0 Å². The molecule has 6 heteroatoms. The van der Waals surface area contributed by atoms with Crippen molar-refractivity contribution in [2.24, 2.45) is 0 Å². The van der Waals surface area contributed by atoms with Gasteiger partial charge in [-0.3, -0.25) is 9.59 Å². The van der Waals surface area contributed by atoms with E-state index in [9.17, 15) is 18.4 Å². The van der Waals surface area contributed by atoms with Crippen LogP contribution in [0.25, 0.3) is 0 Å². The summed E-state index contributed by atoms with van der Waals surface area (Å²) in [5, 5.41) is 2.29. The Hall–Kier alpha value is -1.98. The highest BCUT2D eigenvalue weighted by molar-refractivity contribution is 6.39. The Kier molecular flexibility index (Phi) is 4.65. The number of benzene rings is 1. The Morgan fingerprint density at radius 2 is 1.65 bits per heavy atom. The first-order valence-electron chi connectivity index (χ1n) is 6.63. The molecule has 0 aliphatic carbocycles. The molecule has 1 heterocycles. The molecule has 0 radical (unpaired) electrons. The first kappa shape index (κ1) is 14.4. The van der Waals surface area contributed by atoms with Gasteiger partial charge in [-0.25, -0.2) is 8.78 Å². The van der Waals surface area contributed by atoms with Crippen LogP contribution in [0.3, 0.4) is 0 Å². The number of carbonyl (C=O) groups excluding carboxylic acids is 2. The van der Waals surface area contributed by atoms with Crippen LogP contribution in [0, 0.1) is 11.6 Å². The zero-order valence-electron chi connectivity index (χ0n) is 11.0. The molecule has 0 atom stereocenters. The minimum absolute atomic E-state index is 0.0667. The number of carbonyl (C=O) groups is 2. The van der Waals surface area contributed by atoms with Crippen LogP contribution in [0.15, 0.2) is 18.2 Å². The number of amides is 2. The van der Waals surface area contributed by atoms with Crippen molar-refractivity contribution in [1.29, 1.82) is 0 Å². The Morgan fingerprint density at radius 1 is 1.00 bits per heavy atom. The number of nitrogens with zero attached hydrogens (tertiary/aromatic N) is 1. The summed E-state index contributed by atoms with van der Waals surface area (Å²) < 4.78 is 25.8. The summed E-state index contributed by atoms with van der Waals surface area (Å²) in [5.74, 6) is -3.51. The number of hydrogen-bond acceptors (Lipinski definition) is 2. The summed E-state index contributed by atoms with van der Waals surface area (Å²) in [6, 6.07) is 2.97. The van der Waals surface area contributed by atoms with E-state index >= 15 is 0 Å². The monoisotopic (exact) mass is 282 g/mol. The summed E-state index contributed by atoms with van der Waals surface area (Å²) in [6.07, 6.45) is 3.86. The lowest BCUT2D eigenvalue weighted by Gasteiger charge is -2.19. The second-order valence-electron chi connectivity index (χ2n) is 4.79. The highest BCUT2D eigenvalue weighted by Gasteiger charge is 2.22. The molecular weight excluding hydrogens is 266 g/mol. The van der Waals surface area contributed by atoms with Crippen LogP contribution in [-0.4, -0.2) is 29.8 Å². The van der Waals surface area contributed by atoms with Crippen LogP contribution in [0.1, 0.15) is 25.7 Å². The molecule has 0 aromatic heterocycles. The number of hydrogen-bond donors (Lipinski definition) is 1. The van der Waals surface area contributed by atoms with Gasteiger partial charge in [0, 0.05) is 24.8 Å². The third-order valence-electron chi connectivity index (χ3n) is 3.26. The average Bonchev–Trinajstić information content (AvgIpc) is 2.71. The van der Waals surface area contributed by atoms with Gasteiger partial charge in [0.2, 0.25) is 0 Å². The Balaban J connectivity index is 1.99. The molecule has 1 aliphatic rings. The number of halogens is 2. The van der Waals surface area contributed by atoms with Crippen molar-refractivity contribution in [3.8, 4) is 0 Å². The molecule has 0 spiro atoms. The molecule has 108 valence electrons. The fourth-order valence-corrected chi connectivity index (χ4v) is 2.18. The van der Waals surface area contributed by atoms with Crippen molar-refractivity contribution in [1.82, 2.24) is 4.90 Å². The molecule has 4 nitrogen and oxygen atoms in total. The van der Waals surface area contributed by atoms with Crippen LogP contribution >= 0.6 is 0 Å². The van der Waals surface area contributed by atoms with Gasteiger partial charge >= 0.3 is 11.8 Å². The molecule has 1 N–H and O–H groups in total. The Morgan fingerprint density at radius 3 is 2.25 bits per heavy atom. The summed E-state index contributed by atoms with van der Waals surface area (Å²) in [5.41, 5.74) is 0.0667. The van der Waals surface area contributed by atoms with Gasteiger partial charge in [0.25, 0.3) is 0 Å². The normalized spacial score (nSPS) is 15.6. The van der Waals surface area contributed by atoms with Gasteiger partial charge in [-0.2, -0.15) is 0 Å². The first-order chi connectivity index (χ1) is 9.58. The van der Waals surface area contributed by atoms with Gasteiger partial charge in [-0.1, -0.05) is 12.8 Å². The largest absolute Gasteiger partial charge is 0.334 e. The molecule has 0 unspecified atom stereocenters. The van der Waals surface area contributed by atoms with Gasteiger partial charge in [0.05, 0.1) is 0 Å². The second kappa shape index (κ2) is 6.45. The molecule has 0 saturated carbocycles. The minimum Gasteiger partial charge on any atom is -0.334 e. The lowest BCUT2D eigenvalue weighted by Crippen LogP contribution is -2.40. The van der Waals surface area contributed by atoms with Gasteiger partial charge < -0.3 is 10.2 Å². The molecule has 1 saturated heterocycles. The summed E-state index contributed by atoms with van der Waals surface area (Å²) >= 11 is 0. The smallest absolute Gasteiger partial charge is 0.313 e. The summed E-state index contributed by atoms with van der Waals surface area (Å²) in [4.78, 5) is 25.3. The number of likely N-dealkylation sites (tertiary alicyclic amines) is 1. The minimum atomic E-state index is -1.06. The van der Waals surface area contributed by atoms with Crippen LogP contribution in [-0.2, 0) is 9.59 Å². The van der Waals surface area contributed by atoms with E-state index in [2.05, 4.69) is 5.32 Å². The summed E-state index contributed by atoms with van der Waals surface area (Å²) in [6.45, 7) is 1.12. The molecule has 2 amide bonds. The van der Waals surface area contributed by atoms with Crippen LogP contribution < -0.4 is 5.32 Å². The van der Waals surface area contributed by atoms with E-state index in [0.717, 1.165) is 37.8 Å². The predicted molar refractivity (Wildman–Crippen MR) is 70.0 cm³/mol. The highest BCUT2D eigenvalue weighted by atomic mass is 19.2. The summed E-state index contributed by atoms with van der Waals surface area (Å²) in [7, 11) is 0. The van der Waals surface area contributed by atoms with E-state index in [1.54, 1.807) is 0 Å². The molecule has 20 heavy (non-hydrogen) atoms. The number of rotatable bonds is 1. The van der Waals surface area contributed by atoms with Gasteiger partial charge in [-0.15, -0.1) is 0 Å². The molecule has 1 aromatic rings. The number of anilines is 1.